The summed E-state index contributed by atoms with van der Waals surface area (Å²) in [6.45, 7) is 3.85. The number of benzene rings is 2. The lowest BCUT2D eigenvalue weighted by molar-refractivity contribution is 0.105. The minimum Gasteiger partial charge on any atom is -0.508 e. The molecule has 0 spiro atoms. The summed E-state index contributed by atoms with van der Waals surface area (Å²) in [5, 5.41) is 30.7. The minimum atomic E-state index is -0.743. The fourth-order valence-electron chi connectivity index (χ4n) is 2.98. The van der Waals surface area contributed by atoms with Crippen LogP contribution >= 0.6 is 0 Å². The van der Waals surface area contributed by atoms with Gasteiger partial charge in [0.15, 0.2) is 0 Å². The number of phenols is 1. The lowest BCUT2D eigenvalue weighted by atomic mass is 10.2. The van der Waals surface area contributed by atoms with Gasteiger partial charge in [-0.05, 0) is 48.5 Å². The van der Waals surface area contributed by atoms with Crippen molar-refractivity contribution in [1.29, 1.82) is 0 Å². The van der Waals surface area contributed by atoms with Crippen LogP contribution in [0.4, 0.5) is 17.1 Å². The van der Waals surface area contributed by atoms with Crippen LogP contribution in [-0.4, -0.2) is 60.8 Å². The van der Waals surface area contributed by atoms with Crippen LogP contribution in [0.2, 0.25) is 0 Å². The van der Waals surface area contributed by atoms with Crippen LogP contribution in [0.5, 0.6) is 5.75 Å². The van der Waals surface area contributed by atoms with Crippen molar-refractivity contribution in [2.75, 3.05) is 54.4 Å². The van der Waals surface area contributed by atoms with Crippen molar-refractivity contribution in [1.82, 2.24) is 0 Å². The van der Waals surface area contributed by atoms with E-state index in [0.717, 1.165) is 37.6 Å². The predicted molar refractivity (Wildman–Crippen MR) is 101 cm³/mol. The third-order valence-corrected chi connectivity index (χ3v) is 4.48. The number of phenolic OH excluding ortho intramolecular Hbond substituents is 1. The van der Waals surface area contributed by atoms with E-state index in [1.165, 1.54) is 5.69 Å². The molecule has 0 saturated carbocycles. The molecular weight excluding hydrogens is 318 g/mol. The van der Waals surface area contributed by atoms with Gasteiger partial charge in [0.05, 0.1) is 12.7 Å². The summed E-state index contributed by atoms with van der Waals surface area (Å²) < 4.78 is 0. The van der Waals surface area contributed by atoms with Gasteiger partial charge in [0.1, 0.15) is 5.75 Å². The summed E-state index contributed by atoms with van der Waals surface area (Å²) in [5.74, 6) is 0.294. The fraction of sp³-hybridized carbons (Fsp3) is 0.368. The van der Waals surface area contributed by atoms with Gasteiger partial charge in [-0.2, -0.15) is 0 Å². The average molecular weight is 343 g/mol. The van der Waals surface area contributed by atoms with E-state index in [9.17, 15) is 10.2 Å². The Kier molecular flexibility index (Phi) is 5.63. The van der Waals surface area contributed by atoms with E-state index in [2.05, 4.69) is 27.2 Å². The molecule has 0 radical (unpaired) electrons. The summed E-state index contributed by atoms with van der Waals surface area (Å²) >= 11 is 0. The number of aliphatic hydroxyl groups is 2. The van der Waals surface area contributed by atoms with Gasteiger partial charge < -0.3 is 30.4 Å². The van der Waals surface area contributed by atoms with Crippen LogP contribution in [0.25, 0.3) is 0 Å². The van der Waals surface area contributed by atoms with Crippen molar-refractivity contribution in [2.45, 2.75) is 6.10 Å². The number of aliphatic hydroxyl groups excluding tert-OH is 2. The smallest absolute Gasteiger partial charge is 0.115 e. The second kappa shape index (κ2) is 8.09. The van der Waals surface area contributed by atoms with Gasteiger partial charge in [0.25, 0.3) is 0 Å². The molecule has 25 heavy (non-hydrogen) atoms. The molecule has 134 valence electrons. The summed E-state index contributed by atoms with van der Waals surface area (Å²) in [7, 11) is 0. The predicted octanol–water partition coefficient (Wildman–Crippen LogP) is 1.48. The van der Waals surface area contributed by atoms with Crippen molar-refractivity contribution in [2.24, 2.45) is 0 Å². The monoisotopic (exact) mass is 343 g/mol. The van der Waals surface area contributed by atoms with Crippen LogP contribution in [0.15, 0.2) is 48.5 Å². The van der Waals surface area contributed by atoms with Gasteiger partial charge >= 0.3 is 0 Å². The molecule has 0 aromatic heterocycles. The van der Waals surface area contributed by atoms with E-state index in [-0.39, 0.29) is 6.61 Å². The molecule has 0 bridgehead atoms. The number of rotatable bonds is 6. The maximum atomic E-state index is 9.39. The van der Waals surface area contributed by atoms with Crippen LogP contribution in [0.3, 0.4) is 0 Å². The Bertz CT molecular complexity index is 653. The van der Waals surface area contributed by atoms with Gasteiger partial charge in [-0.15, -0.1) is 0 Å². The third-order valence-electron chi connectivity index (χ3n) is 4.48. The number of nitrogens with zero attached hydrogens (tertiary/aromatic N) is 2. The molecule has 6 heteroatoms. The van der Waals surface area contributed by atoms with Gasteiger partial charge in [0, 0.05) is 49.8 Å². The zero-order valence-electron chi connectivity index (χ0n) is 14.2. The summed E-state index contributed by atoms with van der Waals surface area (Å²) in [6.07, 6.45) is -0.743. The van der Waals surface area contributed by atoms with Gasteiger partial charge in [-0.1, -0.05) is 0 Å². The molecule has 1 heterocycles. The van der Waals surface area contributed by atoms with E-state index in [0.29, 0.717) is 12.3 Å². The van der Waals surface area contributed by atoms with E-state index >= 15 is 0 Å². The van der Waals surface area contributed by atoms with Crippen LogP contribution in [0, 0.1) is 0 Å². The van der Waals surface area contributed by atoms with E-state index < -0.39 is 6.10 Å². The van der Waals surface area contributed by atoms with Crippen LogP contribution in [-0.2, 0) is 0 Å². The molecule has 1 saturated heterocycles. The number of aromatic hydroxyl groups is 1. The van der Waals surface area contributed by atoms with Crippen LogP contribution in [0.1, 0.15) is 0 Å². The summed E-state index contributed by atoms with van der Waals surface area (Å²) in [6, 6.07) is 15.5. The maximum absolute atomic E-state index is 9.39. The average Bonchev–Trinajstić information content (AvgIpc) is 2.67. The minimum absolute atomic E-state index is 0.240. The third kappa shape index (κ3) is 4.55. The Morgan fingerprint density at radius 3 is 1.80 bits per heavy atom. The van der Waals surface area contributed by atoms with Crippen molar-refractivity contribution >= 4 is 17.1 Å². The number of piperazine rings is 1. The quantitative estimate of drug-likeness (QED) is 0.636. The fourth-order valence-corrected chi connectivity index (χ4v) is 2.98. The zero-order chi connectivity index (χ0) is 17.6. The second-order valence-electron chi connectivity index (χ2n) is 6.25. The first-order valence-corrected chi connectivity index (χ1v) is 8.57. The van der Waals surface area contributed by atoms with Crippen molar-refractivity contribution in [3.63, 3.8) is 0 Å². The molecule has 1 aliphatic heterocycles. The molecule has 0 aliphatic carbocycles. The second-order valence-corrected chi connectivity index (χ2v) is 6.25. The van der Waals surface area contributed by atoms with Crippen molar-refractivity contribution < 1.29 is 15.3 Å². The topological polar surface area (TPSA) is 79.2 Å². The number of nitrogens with one attached hydrogen (secondary N) is 1. The molecule has 6 nitrogen and oxygen atoms in total. The van der Waals surface area contributed by atoms with Crippen molar-refractivity contribution in [3.05, 3.63) is 48.5 Å². The molecule has 1 unspecified atom stereocenters. The molecule has 1 fully saturated rings. The molecule has 3 rings (SSSR count). The standard InChI is InChI=1S/C19H25N3O3/c23-14-19(25)13-20-15-1-3-16(4-2-15)21-9-11-22(12-10-21)17-5-7-18(24)8-6-17/h1-8,19-20,23-25H,9-14H2. The summed E-state index contributed by atoms with van der Waals surface area (Å²) in [5.41, 5.74) is 3.25. The Morgan fingerprint density at radius 1 is 0.840 bits per heavy atom. The molecule has 2 aromatic carbocycles. The number of hydrogen-bond donors (Lipinski definition) is 4. The highest BCUT2D eigenvalue weighted by Gasteiger charge is 2.17. The number of hydrogen-bond acceptors (Lipinski definition) is 6. The highest BCUT2D eigenvalue weighted by Crippen LogP contribution is 2.23. The highest BCUT2D eigenvalue weighted by molar-refractivity contribution is 5.57. The Hall–Kier alpha value is -2.44. The lowest BCUT2D eigenvalue weighted by Crippen LogP contribution is -2.46. The first-order valence-electron chi connectivity index (χ1n) is 8.57. The van der Waals surface area contributed by atoms with Crippen molar-refractivity contribution in [3.8, 4) is 5.75 Å². The largest absolute Gasteiger partial charge is 0.508 e. The molecule has 0 amide bonds. The Balaban J connectivity index is 1.53. The van der Waals surface area contributed by atoms with Crippen LogP contribution < -0.4 is 15.1 Å². The Morgan fingerprint density at radius 2 is 1.32 bits per heavy atom. The Labute approximate surface area is 147 Å². The molecule has 1 aliphatic rings. The van der Waals surface area contributed by atoms with E-state index in [1.54, 1.807) is 12.1 Å². The first-order chi connectivity index (χ1) is 12.2. The normalized spacial score (nSPS) is 15.9. The highest BCUT2D eigenvalue weighted by atomic mass is 16.3. The molecule has 4 N–H and O–H groups in total. The SMILES string of the molecule is OCC(O)CNc1ccc(N2CCN(c3ccc(O)cc3)CC2)cc1. The number of anilines is 3. The van der Waals surface area contributed by atoms with E-state index in [4.69, 9.17) is 5.11 Å². The first kappa shape index (κ1) is 17.4. The van der Waals surface area contributed by atoms with Gasteiger partial charge in [-0.25, -0.2) is 0 Å². The maximum Gasteiger partial charge on any atom is 0.115 e. The van der Waals surface area contributed by atoms with Gasteiger partial charge in [0.2, 0.25) is 0 Å². The zero-order valence-corrected chi connectivity index (χ0v) is 14.2. The molecule has 2 aromatic rings. The molecular formula is C19H25N3O3. The van der Waals surface area contributed by atoms with E-state index in [1.807, 2.05) is 24.3 Å². The lowest BCUT2D eigenvalue weighted by Gasteiger charge is -2.37. The molecule has 1 atom stereocenters. The van der Waals surface area contributed by atoms with Gasteiger partial charge in [-0.3, -0.25) is 0 Å². The summed E-state index contributed by atoms with van der Waals surface area (Å²) in [4.78, 5) is 4.67.